The van der Waals surface area contributed by atoms with Crippen molar-refractivity contribution in [3.8, 4) is 0 Å². The first kappa shape index (κ1) is 22.0. The van der Waals surface area contributed by atoms with Gasteiger partial charge in [-0.1, -0.05) is 53.0 Å². The van der Waals surface area contributed by atoms with Crippen LogP contribution in [-0.4, -0.2) is 53.8 Å². The van der Waals surface area contributed by atoms with Gasteiger partial charge in [-0.05, 0) is 31.2 Å². The van der Waals surface area contributed by atoms with Crippen molar-refractivity contribution >= 4 is 63.3 Å². The van der Waals surface area contributed by atoms with E-state index in [2.05, 4.69) is 5.32 Å². The Morgan fingerprint density at radius 3 is 2.35 bits per heavy atom. The number of halogens is 3. The average Bonchev–Trinajstić information content (AvgIpc) is 3.21. The van der Waals surface area contributed by atoms with Crippen LogP contribution in [0.3, 0.4) is 0 Å². The molecule has 1 unspecified atom stereocenters. The number of nitrogens with one attached hydrogen (secondary N) is 1. The Hall–Kier alpha value is -2.25. The fraction of sp³-hybridized carbons (Fsp3) is 0.273. The van der Waals surface area contributed by atoms with Crippen molar-refractivity contribution < 1.29 is 14.0 Å². The molecule has 2 heterocycles. The molecule has 1 fully saturated rings. The number of piperazine rings is 1. The second kappa shape index (κ2) is 9.09. The van der Waals surface area contributed by atoms with Crippen molar-refractivity contribution in [2.45, 2.75) is 13.0 Å². The lowest BCUT2D eigenvalue weighted by Gasteiger charge is -2.37. The van der Waals surface area contributed by atoms with Gasteiger partial charge in [0, 0.05) is 31.6 Å². The predicted octanol–water partition coefficient (Wildman–Crippen LogP) is 5.18. The van der Waals surface area contributed by atoms with Gasteiger partial charge < -0.3 is 14.6 Å². The average molecular weight is 481 g/mol. The Morgan fingerprint density at radius 2 is 1.65 bits per heavy atom. The minimum absolute atomic E-state index is 0.143. The number of nitrogens with zero attached hydrogens (tertiary/aromatic N) is 2. The van der Waals surface area contributed by atoms with E-state index in [0.717, 1.165) is 5.39 Å². The zero-order valence-electron chi connectivity index (χ0n) is 16.7. The van der Waals surface area contributed by atoms with E-state index in [4.69, 9.17) is 39.2 Å². The Bertz CT molecular complexity index is 1110. The highest BCUT2D eigenvalue weighted by Gasteiger charge is 2.29. The second-order valence-electron chi connectivity index (χ2n) is 7.39. The molecule has 2 aromatic carbocycles. The molecule has 6 nitrogen and oxygen atoms in total. The highest BCUT2D eigenvalue weighted by Crippen LogP contribution is 2.32. The maximum atomic E-state index is 12.8. The molecule has 0 aliphatic carbocycles. The molecule has 1 aromatic heterocycles. The summed E-state index contributed by atoms with van der Waals surface area (Å²) in [4.78, 5) is 29.3. The van der Waals surface area contributed by atoms with Crippen LogP contribution in [0.5, 0.6) is 0 Å². The van der Waals surface area contributed by atoms with Crippen LogP contribution >= 0.6 is 34.8 Å². The van der Waals surface area contributed by atoms with Gasteiger partial charge in [0.2, 0.25) is 5.91 Å². The molecule has 0 saturated carbocycles. The Labute approximate surface area is 194 Å². The van der Waals surface area contributed by atoms with Crippen molar-refractivity contribution in [3.63, 3.8) is 0 Å². The molecule has 31 heavy (non-hydrogen) atoms. The fourth-order valence-electron chi connectivity index (χ4n) is 3.58. The van der Waals surface area contributed by atoms with Gasteiger partial charge in [0.1, 0.15) is 5.58 Å². The third kappa shape index (κ3) is 4.67. The highest BCUT2D eigenvalue weighted by molar-refractivity contribution is 6.44. The molecule has 4 rings (SSSR count). The molecule has 1 aliphatic rings. The van der Waals surface area contributed by atoms with E-state index < -0.39 is 6.04 Å². The Balaban J connectivity index is 1.36. The largest absolute Gasteiger partial charge is 0.451 e. The predicted molar refractivity (Wildman–Crippen MR) is 123 cm³/mol. The van der Waals surface area contributed by atoms with Gasteiger partial charge in [0.15, 0.2) is 5.76 Å². The van der Waals surface area contributed by atoms with Crippen LogP contribution in [0, 0.1) is 0 Å². The van der Waals surface area contributed by atoms with E-state index in [1.54, 1.807) is 11.0 Å². The molecule has 0 bridgehead atoms. The van der Waals surface area contributed by atoms with Crippen molar-refractivity contribution in [3.05, 3.63) is 63.3 Å². The number of para-hydroxylation sites is 1. The molecule has 0 spiro atoms. The maximum Gasteiger partial charge on any atom is 0.289 e. The normalized spacial score (nSPS) is 15.8. The lowest BCUT2D eigenvalue weighted by Crippen LogP contribution is -2.54. The van der Waals surface area contributed by atoms with Crippen LogP contribution in [0.4, 0.5) is 5.69 Å². The number of carbonyl (C=O) groups is 2. The minimum Gasteiger partial charge on any atom is -0.451 e. The number of rotatable bonds is 4. The summed E-state index contributed by atoms with van der Waals surface area (Å²) < 4.78 is 5.69. The number of amides is 2. The van der Waals surface area contributed by atoms with Crippen LogP contribution < -0.4 is 5.32 Å². The summed E-state index contributed by atoms with van der Waals surface area (Å²) in [7, 11) is 0. The van der Waals surface area contributed by atoms with Gasteiger partial charge >= 0.3 is 0 Å². The third-order valence-electron chi connectivity index (χ3n) is 5.43. The van der Waals surface area contributed by atoms with Crippen molar-refractivity contribution in [1.82, 2.24) is 9.80 Å². The maximum absolute atomic E-state index is 12.8. The van der Waals surface area contributed by atoms with Crippen LogP contribution in [0.25, 0.3) is 11.0 Å². The molecule has 1 saturated heterocycles. The summed E-state index contributed by atoms with van der Waals surface area (Å²) in [6, 6.07) is 11.9. The lowest BCUT2D eigenvalue weighted by molar-refractivity contribution is -0.121. The van der Waals surface area contributed by atoms with Crippen LogP contribution in [-0.2, 0) is 4.79 Å². The van der Waals surface area contributed by atoms with Crippen LogP contribution in [0.15, 0.2) is 46.9 Å². The number of anilines is 1. The zero-order valence-corrected chi connectivity index (χ0v) is 19.0. The molecule has 3 aromatic rings. The Kier molecular flexibility index (Phi) is 6.44. The Morgan fingerprint density at radius 1 is 0.968 bits per heavy atom. The molecule has 1 N–H and O–H groups in total. The fourth-order valence-corrected chi connectivity index (χ4v) is 4.17. The first-order valence-electron chi connectivity index (χ1n) is 9.81. The second-order valence-corrected chi connectivity index (χ2v) is 8.61. The molecular weight excluding hydrogens is 461 g/mol. The van der Waals surface area contributed by atoms with Crippen molar-refractivity contribution in [1.29, 1.82) is 0 Å². The van der Waals surface area contributed by atoms with E-state index in [1.165, 1.54) is 12.1 Å². The number of hydrogen-bond donors (Lipinski definition) is 1. The standard InChI is InChI=1S/C22H20Cl3N3O3/c1-13(21(29)26-18-12-16(24)15(23)11-17(18)25)27-6-8-28(9-7-27)22(30)20-10-14-4-2-3-5-19(14)31-20/h2-5,10-13H,6-9H2,1H3,(H,26,29). The van der Waals surface area contributed by atoms with Gasteiger partial charge in [-0.25, -0.2) is 0 Å². The smallest absolute Gasteiger partial charge is 0.289 e. The summed E-state index contributed by atoms with van der Waals surface area (Å²) in [6.07, 6.45) is 0. The first-order chi connectivity index (χ1) is 14.8. The van der Waals surface area contributed by atoms with Crippen molar-refractivity contribution in [2.24, 2.45) is 0 Å². The lowest BCUT2D eigenvalue weighted by atomic mass is 10.2. The highest BCUT2D eigenvalue weighted by atomic mass is 35.5. The number of fused-ring (bicyclic) bond motifs is 1. The molecular formula is C22H20Cl3N3O3. The SMILES string of the molecule is CC(C(=O)Nc1cc(Cl)c(Cl)cc1Cl)N1CCN(C(=O)c2cc3ccccc3o2)CC1. The molecule has 2 amide bonds. The molecule has 1 atom stereocenters. The van der Waals surface area contributed by atoms with Gasteiger partial charge in [-0.3, -0.25) is 14.5 Å². The summed E-state index contributed by atoms with van der Waals surface area (Å²) in [5, 5.41) is 4.65. The zero-order chi connectivity index (χ0) is 22.1. The first-order valence-corrected chi connectivity index (χ1v) is 10.9. The van der Waals surface area contributed by atoms with E-state index in [0.29, 0.717) is 58.3 Å². The van der Waals surface area contributed by atoms with Gasteiger partial charge in [0.05, 0.1) is 26.8 Å². The molecule has 1 aliphatic heterocycles. The number of benzene rings is 2. The topological polar surface area (TPSA) is 65.8 Å². The molecule has 9 heteroatoms. The summed E-state index contributed by atoms with van der Waals surface area (Å²) in [5.41, 5.74) is 1.10. The van der Waals surface area contributed by atoms with Crippen LogP contribution in [0.2, 0.25) is 15.1 Å². The summed E-state index contributed by atoms with van der Waals surface area (Å²) in [6.45, 7) is 3.95. The molecule has 0 radical (unpaired) electrons. The van der Waals surface area contributed by atoms with Crippen molar-refractivity contribution in [2.75, 3.05) is 31.5 Å². The van der Waals surface area contributed by atoms with Gasteiger partial charge in [0.25, 0.3) is 5.91 Å². The monoisotopic (exact) mass is 479 g/mol. The molecule has 162 valence electrons. The van der Waals surface area contributed by atoms with E-state index in [9.17, 15) is 9.59 Å². The summed E-state index contributed by atoms with van der Waals surface area (Å²) >= 11 is 18.1. The third-order valence-corrected chi connectivity index (χ3v) is 6.47. The van der Waals surface area contributed by atoms with Crippen LogP contribution in [0.1, 0.15) is 17.5 Å². The number of carbonyl (C=O) groups excluding carboxylic acids is 2. The minimum atomic E-state index is -0.408. The van der Waals surface area contributed by atoms with E-state index in [1.807, 2.05) is 36.1 Å². The van der Waals surface area contributed by atoms with E-state index >= 15 is 0 Å². The van der Waals surface area contributed by atoms with Gasteiger partial charge in [-0.15, -0.1) is 0 Å². The van der Waals surface area contributed by atoms with E-state index in [-0.39, 0.29) is 11.8 Å². The number of furan rings is 1. The summed E-state index contributed by atoms with van der Waals surface area (Å²) in [5.74, 6) is -0.0254. The van der Waals surface area contributed by atoms with Gasteiger partial charge in [-0.2, -0.15) is 0 Å². The quantitative estimate of drug-likeness (QED) is 0.523. The number of hydrogen-bond acceptors (Lipinski definition) is 4.